The van der Waals surface area contributed by atoms with Crippen LogP contribution < -0.4 is 11.1 Å². The lowest BCUT2D eigenvalue weighted by Gasteiger charge is -2.13. The van der Waals surface area contributed by atoms with Crippen LogP contribution in [0.5, 0.6) is 0 Å². The van der Waals surface area contributed by atoms with Crippen molar-refractivity contribution in [1.29, 1.82) is 0 Å². The van der Waals surface area contributed by atoms with Crippen molar-refractivity contribution in [2.75, 3.05) is 6.54 Å². The first-order chi connectivity index (χ1) is 6.61. The van der Waals surface area contributed by atoms with E-state index in [1.807, 2.05) is 6.92 Å². The first-order valence-electron chi connectivity index (χ1n) is 4.84. The summed E-state index contributed by atoms with van der Waals surface area (Å²) < 4.78 is 0. The molecule has 0 saturated heterocycles. The van der Waals surface area contributed by atoms with E-state index in [-0.39, 0.29) is 18.9 Å². The van der Waals surface area contributed by atoms with Gasteiger partial charge in [-0.05, 0) is 6.42 Å². The number of carboxylic acids is 1. The van der Waals surface area contributed by atoms with E-state index in [1.54, 1.807) is 0 Å². The van der Waals surface area contributed by atoms with Gasteiger partial charge >= 0.3 is 5.97 Å². The fraction of sp³-hybridized carbons (Fsp3) is 0.778. The molecule has 4 N–H and O–H groups in total. The van der Waals surface area contributed by atoms with Crippen molar-refractivity contribution >= 4 is 11.9 Å². The van der Waals surface area contributed by atoms with E-state index in [4.69, 9.17) is 10.8 Å². The lowest BCUT2D eigenvalue weighted by molar-refractivity contribution is -0.142. The van der Waals surface area contributed by atoms with Gasteiger partial charge in [0.2, 0.25) is 5.91 Å². The summed E-state index contributed by atoms with van der Waals surface area (Å²) in [6.07, 6.45) is 2.36. The van der Waals surface area contributed by atoms with E-state index in [9.17, 15) is 9.59 Å². The van der Waals surface area contributed by atoms with Crippen LogP contribution in [0.2, 0.25) is 0 Å². The quantitative estimate of drug-likeness (QED) is 0.545. The molecule has 1 atom stereocenters. The maximum atomic E-state index is 11.1. The lowest BCUT2D eigenvalue weighted by atomic mass is 10.1. The number of carbonyl (C=O) groups excluding carboxylic acids is 1. The Labute approximate surface area is 83.7 Å². The maximum Gasteiger partial charge on any atom is 0.326 e. The van der Waals surface area contributed by atoms with Crippen LogP contribution in [-0.2, 0) is 9.59 Å². The van der Waals surface area contributed by atoms with Crippen LogP contribution in [0.3, 0.4) is 0 Å². The Morgan fingerprint density at radius 3 is 2.57 bits per heavy atom. The molecule has 0 rings (SSSR count). The summed E-state index contributed by atoms with van der Waals surface area (Å²) in [4.78, 5) is 21.8. The molecule has 0 radical (unpaired) electrons. The Morgan fingerprint density at radius 2 is 2.14 bits per heavy atom. The summed E-state index contributed by atoms with van der Waals surface area (Å²) in [6.45, 7) is 2.21. The summed E-state index contributed by atoms with van der Waals surface area (Å²) in [7, 11) is 0. The molecule has 0 aromatic rings. The molecule has 14 heavy (non-hydrogen) atoms. The third-order valence-corrected chi connectivity index (χ3v) is 1.85. The number of carbonyl (C=O) groups is 2. The van der Waals surface area contributed by atoms with Gasteiger partial charge in [-0.15, -0.1) is 0 Å². The van der Waals surface area contributed by atoms with Crippen molar-refractivity contribution in [1.82, 2.24) is 5.32 Å². The number of aliphatic carboxylic acids is 1. The van der Waals surface area contributed by atoms with Gasteiger partial charge in [0.25, 0.3) is 0 Å². The maximum absolute atomic E-state index is 11.1. The zero-order valence-corrected chi connectivity index (χ0v) is 8.45. The summed E-state index contributed by atoms with van der Waals surface area (Å²) in [6, 6.07) is -0.769. The summed E-state index contributed by atoms with van der Waals surface area (Å²) >= 11 is 0. The minimum Gasteiger partial charge on any atom is -0.480 e. The van der Waals surface area contributed by atoms with E-state index in [0.29, 0.717) is 6.42 Å². The number of nitrogens with two attached hydrogens (primary N) is 1. The van der Waals surface area contributed by atoms with Gasteiger partial charge < -0.3 is 16.2 Å². The van der Waals surface area contributed by atoms with Crippen molar-refractivity contribution in [3.63, 3.8) is 0 Å². The second-order valence-electron chi connectivity index (χ2n) is 3.14. The monoisotopic (exact) mass is 202 g/mol. The molecular formula is C9H18N2O3. The molecule has 0 aliphatic carbocycles. The Kier molecular flexibility index (Phi) is 6.74. The van der Waals surface area contributed by atoms with Gasteiger partial charge in [-0.25, -0.2) is 4.79 Å². The summed E-state index contributed by atoms with van der Waals surface area (Å²) in [5, 5.41) is 11.2. The van der Waals surface area contributed by atoms with Crippen molar-refractivity contribution in [3.8, 4) is 0 Å². The molecule has 0 aliphatic rings. The average Bonchev–Trinajstić information content (AvgIpc) is 2.12. The molecule has 0 spiro atoms. The first-order valence-corrected chi connectivity index (χ1v) is 4.84. The lowest BCUT2D eigenvalue weighted by Crippen LogP contribution is -2.41. The zero-order chi connectivity index (χ0) is 11.0. The molecule has 0 heterocycles. The minimum atomic E-state index is -0.983. The Morgan fingerprint density at radius 1 is 1.50 bits per heavy atom. The minimum absolute atomic E-state index is 0.176. The van der Waals surface area contributed by atoms with Gasteiger partial charge in [0.15, 0.2) is 0 Å². The molecular weight excluding hydrogens is 184 g/mol. The number of hydrogen-bond acceptors (Lipinski definition) is 3. The van der Waals surface area contributed by atoms with E-state index in [1.165, 1.54) is 0 Å². The Hall–Kier alpha value is -1.10. The topological polar surface area (TPSA) is 92.4 Å². The molecule has 5 heteroatoms. The van der Waals surface area contributed by atoms with Gasteiger partial charge in [-0.3, -0.25) is 4.79 Å². The van der Waals surface area contributed by atoms with Crippen molar-refractivity contribution in [2.45, 2.75) is 38.6 Å². The Balaban J connectivity index is 3.95. The molecule has 0 aromatic heterocycles. The highest BCUT2D eigenvalue weighted by Gasteiger charge is 2.18. The normalized spacial score (nSPS) is 12.1. The predicted molar refractivity (Wildman–Crippen MR) is 52.8 cm³/mol. The van der Waals surface area contributed by atoms with Gasteiger partial charge in [0.1, 0.15) is 6.04 Å². The van der Waals surface area contributed by atoms with Crippen LogP contribution in [0.4, 0.5) is 0 Å². The fourth-order valence-corrected chi connectivity index (χ4v) is 1.06. The average molecular weight is 202 g/mol. The van der Waals surface area contributed by atoms with Gasteiger partial charge in [0, 0.05) is 13.0 Å². The van der Waals surface area contributed by atoms with Gasteiger partial charge in [-0.1, -0.05) is 19.8 Å². The first kappa shape index (κ1) is 12.9. The number of unbranched alkanes of at least 4 members (excludes halogenated alkanes) is 1. The number of nitrogens with one attached hydrogen (secondary N) is 1. The van der Waals surface area contributed by atoms with Crippen LogP contribution >= 0.6 is 0 Å². The number of hydrogen-bond donors (Lipinski definition) is 3. The highest BCUT2D eigenvalue weighted by molar-refractivity contribution is 5.83. The second kappa shape index (κ2) is 7.32. The van der Waals surface area contributed by atoms with Crippen molar-refractivity contribution in [2.24, 2.45) is 5.73 Å². The summed E-state index contributed by atoms with van der Waals surface area (Å²) in [5.41, 5.74) is 5.17. The molecule has 1 amide bonds. The van der Waals surface area contributed by atoms with Gasteiger partial charge in [0.05, 0.1) is 0 Å². The molecule has 0 aliphatic heterocycles. The molecule has 82 valence electrons. The predicted octanol–water partition coefficient (Wildman–Crippen LogP) is 0.0948. The third kappa shape index (κ3) is 5.53. The van der Waals surface area contributed by atoms with Crippen LogP contribution in [0.1, 0.15) is 32.6 Å². The number of amides is 1. The molecule has 0 bridgehead atoms. The number of rotatable bonds is 7. The van der Waals surface area contributed by atoms with E-state index < -0.39 is 12.0 Å². The van der Waals surface area contributed by atoms with Gasteiger partial charge in [-0.2, -0.15) is 0 Å². The third-order valence-electron chi connectivity index (χ3n) is 1.85. The van der Waals surface area contributed by atoms with Crippen LogP contribution in [-0.4, -0.2) is 29.6 Å². The fourth-order valence-electron chi connectivity index (χ4n) is 1.06. The van der Waals surface area contributed by atoms with E-state index >= 15 is 0 Å². The molecule has 0 aromatic carbocycles. The molecule has 0 saturated carbocycles. The van der Waals surface area contributed by atoms with Crippen LogP contribution in [0.25, 0.3) is 0 Å². The SMILES string of the molecule is CCCCC(NC(=O)CCN)C(=O)O. The van der Waals surface area contributed by atoms with E-state index in [2.05, 4.69) is 5.32 Å². The Bertz CT molecular complexity index is 194. The van der Waals surface area contributed by atoms with Crippen molar-refractivity contribution < 1.29 is 14.7 Å². The molecule has 5 nitrogen and oxygen atoms in total. The van der Waals surface area contributed by atoms with E-state index in [0.717, 1.165) is 12.8 Å². The highest BCUT2D eigenvalue weighted by Crippen LogP contribution is 2.01. The highest BCUT2D eigenvalue weighted by atomic mass is 16.4. The molecule has 0 fully saturated rings. The van der Waals surface area contributed by atoms with Crippen molar-refractivity contribution in [3.05, 3.63) is 0 Å². The van der Waals surface area contributed by atoms with Crippen LogP contribution in [0.15, 0.2) is 0 Å². The second-order valence-corrected chi connectivity index (χ2v) is 3.14. The smallest absolute Gasteiger partial charge is 0.326 e. The molecule has 1 unspecified atom stereocenters. The standard InChI is InChI=1S/C9H18N2O3/c1-2-3-4-7(9(13)14)11-8(12)5-6-10/h7H,2-6,10H2,1H3,(H,11,12)(H,13,14). The largest absolute Gasteiger partial charge is 0.480 e. The zero-order valence-electron chi connectivity index (χ0n) is 8.45. The summed E-state index contributed by atoms with van der Waals surface area (Å²) in [5.74, 6) is -1.28. The van der Waals surface area contributed by atoms with Crippen LogP contribution in [0, 0.1) is 0 Å². The number of carboxylic acid groups (broad SMARTS) is 1.